The Morgan fingerprint density at radius 2 is 2.46 bits per heavy atom. The first-order valence-corrected chi connectivity index (χ1v) is 5.05. The second-order valence-electron chi connectivity index (χ2n) is 4.24. The van der Waals surface area contributed by atoms with E-state index < -0.39 is 0 Å². The fraction of sp³-hybridized carbons (Fsp3) is 0.700. The van der Waals surface area contributed by atoms with Gasteiger partial charge in [0.05, 0.1) is 6.20 Å². The predicted molar refractivity (Wildman–Crippen MR) is 48.6 cm³/mol. The standard InChI is InChI=1S/C10H14N2O/c1-2-8-6-12-13-9(8)10(3-1)4-5-11-7-10/h6,11H,1-5,7H2. The van der Waals surface area contributed by atoms with Crippen molar-refractivity contribution in [1.82, 2.24) is 10.5 Å². The van der Waals surface area contributed by atoms with Crippen molar-refractivity contribution in [3.05, 3.63) is 17.5 Å². The molecule has 0 aromatic carbocycles. The van der Waals surface area contributed by atoms with Crippen LogP contribution in [0.15, 0.2) is 10.7 Å². The van der Waals surface area contributed by atoms with E-state index in [-0.39, 0.29) is 0 Å². The molecule has 1 aliphatic heterocycles. The molecule has 1 aromatic rings. The van der Waals surface area contributed by atoms with Crippen molar-refractivity contribution in [3.8, 4) is 0 Å². The molecule has 1 fully saturated rings. The van der Waals surface area contributed by atoms with Crippen LogP contribution >= 0.6 is 0 Å². The van der Waals surface area contributed by atoms with Crippen molar-refractivity contribution in [2.24, 2.45) is 0 Å². The zero-order chi connectivity index (χ0) is 8.73. The number of nitrogens with one attached hydrogen (secondary N) is 1. The molecule has 2 aliphatic rings. The summed E-state index contributed by atoms with van der Waals surface area (Å²) in [5.41, 5.74) is 1.64. The summed E-state index contributed by atoms with van der Waals surface area (Å²) in [7, 11) is 0. The third-order valence-corrected chi connectivity index (χ3v) is 3.47. The Morgan fingerprint density at radius 1 is 1.46 bits per heavy atom. The van der Waals surface area contributed by atoms with Crippen LogP contribution in [-0.4, -0.2) is 18.2 Å². The van der Waals surface area contributed by atoms with Crippen LogP contribution in [-0.2, 0) is 11.8 Å². The van der Waals surface area contributed by atoms with E-state index >= 15 is 0 Å². The van der Waals surface area contributed by atoms with Crippen molar-refractivity contribution in [3.63, 3.8) is 0 Å². The summed E-state index contributed by atoms with van der Waals surface area (Å²) in [5.74, 6) is 1.17. The predicted octanol–water partition coefficient (Wildman–Crippen LogP) is 1.24. The molecule has 1 aliphatic carbocycles. The van der Waals surface area contributed by atoms with E-state index in [1.165, 1.54) is 30.6 Å². The highest BCUT2D eigenvalue weighted by Crippen LogP contribution is 2.41. The van der Waals surface area contributed by atoms with E-state index in [9.17, 15) is 0 Å². The van der Waals surface area contributed by atoms with Gasteiger partial charge in [0.1, 0.15) is 5.76 Å². The normalized spacial score (nSPS) is 32.3. The molecule has 0 saturated carbocycles. The van der Waals surface area contributed by atoms with Gasteiger partial charge in [0.2, 0.25) is 0 Å². The molecule has 1 atom stereocenters. The van der Waals surface area contributed by atoms with E-state index in [4.69, 9.17) is 4.52 Å². The maximum atomic E-state index is 5.40. The number of hydrogen-bond donors (Lipinski definition) is 1. The zero-order valence-electron chi connectivity index (χ0n) is 7.68. The lowest BCUT2D eigenvalue weighted by Gasteiger charge is -2.29. The first-order valence-electron chi connectivity index (χ1n) is 5.05. The Kier molecular flexibility index (Phi) is 1.50. The molecule has 13 heavy (non-hydrogen) atoms. The lowest BCUT2D eigenvalue weighted by Crippen LogP contribution is -2.32. The molecular weight excluding hydrogens is 164 g/mol. The second-order valence-corrected chi connectivity index (χ2v) is 4.24. The summed E-state index contributed by atoms with van der Waals surface area (Å²) >= 11 is 0. The van der Waals surface area contributed by atoms with Gasteiger partial charge in [0.15, 0.2) is 0 Å². The fourth-order valence-corrected chi connectivity index (χ4v) is 2.76. The summed E-state index contributed by atoms with van der Waals surface area (Å²) in [6.45, 7) is 2.20. The van der Waals surface area contributed by atoms with Crippen molar-refractivity contribution < 1.29 is 4.52 Å². The molecule has 70 valence electrons. The minimum Gasteiger partial charge on any atom is -0.360 e. The molecule has 2 heterocycles. The van der Waals surface area contributed by atoms with Crippen LogP contribution in [0, 0.1) is 0 Å². The van der Waals surface area contributed by atoms with Crippen molar-refractivity contribution in [1.29, 1.82) is 0 Å². The van der Waals surface area contributed by atoms with Crippen LogP contribution in [0.3, 0.4) is 0 Å². The van der Waals surface area contributed by atoms with E-state index in [1.807, 2.05) is 6.20 Å². The van der Waals surface area contributed by atoms with E-state index in [0.29, 0.717) is 5.41 Å². The van der Waals surface area contributed by atoms with Gasteiger partial charge in [-0.15, -0.1) is 0 Å². The van der Waals surface area contributed by atoms with Gasteiger partial charge in [0.25, 0.3) is 0 Å². The molecule has 1 spiro atoms. The lowest BCUT2D eigenvalue weighted by atomic mass is 9.74. The molecule has 3 rings (SSSR count). The van der Waals surface area contributed by atoms with E-state index in [1.54, 1.807) is 0 Å². The van der Waals surface area contributed by atoms with Gasteiger partial charge >= 0.3 is 0 Å². The second kappa shape index (κ2) is 2.58. The molecule has 1 unspecified atom stereocenters. The number of aromatic nitrogens is 1. The SMILES string of the molecule is c1noc2c1CCCC21CCNC1. The smallest absolute Gasteiger partial charge is 0.147 e. The minimum absolute atomic E-state index is 0.296. The van der Waals surface area contributed by atoms with Crippen LogP contribution in [0.2, 0.25) is 0 Å². The Labute approximate surface area is 77.5 Å². The Hall–Kier alpha value is -0.830. The van der Waals surface area contributed by atoms with Crippen LogP contribution in [0.25, 0.3) is 0 Å². The number of aryl methyl sites for hydroxylation is 1. The van der Waals surface area contributed by atoms with Gasteiger partial charge in [-0.05, 0) is 32.2 Å². The highest BCUT2D eigenvalue weighted by atomic mass is 16.5. The maximum absolute atomic E-state index is 5.40. The molecule has 3 heteroatoms. The summed E-state index contributed by atoms with van der Waals surface area (Å²) in [6.07, 6.45) is 6.82. The van der Waals surface area contributed by atoms with Crippen LogP contribution in [0.5, 0.6) is 0 Å². The van der Waals surface area contributed by atoms with Crippen molar-refractivity contribution in [2.45, 2.75) is 31.1 Å². The highest BCUT2D eigenvalue weighted by molar-refractivity contribution is 5.28. The first kappa shape index (κ1) is 7.56. The lowest BCUT2D eigenvalue weighted by molar-refractivity contribution is 0.270. The Balaban J connectivity index is 2.08. The summed E-state index contributed by atoms with van der Waals surface area (Å²) < 4.78 is 5.40. The van der Waals surface area contributed by atoms with Crippen molar-refractivity contribution in [2.75, 3.05) is 13.1 Å². The van der Waals surface area contributed by atoms with Gasteiger partial charge in [-0.25, -0.2) is 0 Å². The summed E-state index contributed by atoms with van der Waals surface area (Å²) in [6, 6.07) is 0. The van der Waals surface area contributed by atoms with E-state index in [2.05, 4.69) is 10.5 Å². The number of nitrogens with zero attached hydrogens (tertiary/aromatic N) is 1. The third-order valence-electron chi connectivity index (χ3n) is 3.47. The van der Waals surface area contributed by atoms with Crippen LogP contribution in [0.1, 0.15) is 30.6 Å². The topological polar surface area (TPSA) is 38.1 Å². The van der Waals surface area contributed by atoms with Gasteiger partial charge < -0.3 is 9.84 Å². The zero-order valence-corrected chi connectivity index (χ0v) is 7.68. The van der Waals surface area contributed by atoms with E-state index in [0.717, 1.165) is 19.5 Å². The molecule has 1 aromatic heterocycles. The average molecular weight is 178 g/mol. The average Bonchev–Trinajstić information content (AvgIpc) is 2.74. The molecular formula is C10H14N2O. The molecule has 0 amide bonds. The number of rotatable bonds is 0. The third kappa shape index (κ3) is 0.967. The van der Waals surface area contributed by atoms with Gasteiger partial charge in [-0.2, -0.15) is 0 Å². The number of fused-ring (bicyclic) bond motifs is 2. The monoisotopic (exact) mass is 178 g/mol. The number of hydrogen-bond acceptors (Lipinski definition) is 3. The first-order chi connectivity index (χ1) is 6.41. The maximum Gasteiger partial charge on any atom is 0.147 e. The minimum atomic E-state index is 0.296. The van der Waals surface area contributed by atoms with Crippen molar-refractivity contribution >= 4 is 0 Å². The summed E-state index contributed by atoms with van der Waals surface area (Å²) in [5, 5.41) is 7.35. The highest BCUT2D eigenvalue weighted by Gasteiger charge is 2.42. The van der Waals surface area contributed by atoms with Gasteiger partial charge in [0, 0.05) is 17.5 Å². The van der Waals surface area contributed by atoms with Gasteiger partial charge in [-0.3, -0.25) is 0 Å². The summed E-state index contributed by atoms with van der Waals surface area (Å²) in [4.78, 5) is 0. The molecule has 1 N–H and O–H groups in total. The Morgan fingerprint density at radius 3 is 3.31 bits per heavy atom. The van der Waals surface area contributed by atoms with Crippen LogP contribution in [0.4, 0.5) is 0 Å². The largest absolute Gasteiger partial charge is 0.360 e. The Bertz CT molecular complexity index is 312. The van der Waals surface area contributed by atoms with Gasteiger partial charge in [-0.1, -0.05) is 5.16 Å². The molecule has 0 bridgehead atoms. The van der Waals surface area contributed by atoms with Crippen LogP contribution < -0.4 is 5.32 Å². The molecule has 1 saturated heterocycles. The molecule has 0 radical (unpaired) electrons. The quantitative estimate of drug-likeness (QED) is 0.649. The fourth-order valence-electron chi connectivity index (χ4n) is 2.76. The molecule has 3 nitrogen and oxygen atoms in total.